The van der Waals surface area contributed by atoms with E-state index in [0.29, 0.717) is 6.54 Å². The van der Waals surface area contributed by atoms with E-state index < -0.39 is 0 Å². The number of hydrogen-bond acceptors (Lipinski definition) is 2. The zero-order valence-corrected chi connectivity index (χ0v) is 13.7. The molecule has 22 heavy (non-hydrogen) atoms. The van der Waals surface area contributed by atoms with Crippen molar-refractivity contribution < 1.29 is 14.4 Å². The summed E-state index contributed by atoms with van der Waals surface area (Å²) in [4.78, 5) is 17.6. The summed E-state index contributed by atoms with van der Waals surface area (Å²) in [6, 6.07) is 5.86. The lowest BCUT2D eigenvalue weighted by molar-refractivity contribution is -0.900. The summed E-state index contributed by atoms with van der Waals surface area (Å²) in [6.45, 7) is 7.08. The number of quaternary nitrogens is 1. The standard InChI is InChI=1S/C18H24N2O2/c1-12-5-4-8-20(10-12)11-17(21)18-13(2)19-16-7-6-14(22-3)9-15(16)18/h6-7,9,12,19H,4-5,8,10-11H2,1-3H3/p+1/t12-/m0/s1. The highest BCUT2D eigenvalue weighted by Gasteiger charge is 2.25. The van der Waals surface area contributed by atoms with Gasteiger partial charge < -0.3 is 14.6 Å². The smallest absolute Gasteiger partial charge is 0.219 e. The maximum atomic E-state index is 12.8. The van der Waals surface area contributed by atoms with E-state index in [4.69, 9.17) is 4.74 Å². The number of aromatic amines is 1. The fourth-order valence-corrected chi connectivity index (χ4v) is 3.67. The van der Waals surface area contributed by atoms with Crippen molar-refractivity contribution in [2.24, 2.45) is 5.92 Å². The van der Waals surface area contributed by atoms with Crippen LogP contribution in [0.25, 0.3) is 10.9 Å². The Morgan fingerprint density at radius 1 is 1.45 bits per heavy atom. The molecule has 2 heterocycles. The first-order valence-corrected chi connectivity index (χ1v) is 8.11. The summed E-state index contributed by atoms with van der Waals surface area (Å²) >= 11 is 0. The second-order valence-electron chi connectivity index (χ2n) is 6.59. The van der Waals surface area contributed by atoms with Gasteiger partial charge in [0.15, 0.2) is 0 Å². The first-order valence-electron chi connectivity index (χ1n) is 8.11. The van der Waals surface area contributed by atoms with E-state index in [9.17, 15) is 4.79 Å². The van der Waals surface area contributed by atoms with Gasteiger partial charge in [0.25, 0.3) is 0 Å². The van der Waals surface area contributed by atoms with Crippen molar-refractivity contribution in [2.75, 3.05) is 26.7 Å². The van der Waals surface area contributed by atoms with Crippen LogP contribution in [0.15, 0.2) is 18.2 Å². The molecular formula is C18H25N2O2+. The van der Waals surface area contributed by atoms with Crippen molar-refractivity contribution in [3.05, 3.63) is 29.5 Å². The van der Waals surface area contributed by atoms with Crippen LogP contribution < -0.4 is 9.64 Å². The lowest BCUT2D eigenvalue weighted by Crippen LogP contribution is -3.14. The molecule has 118 valence electrons. The van der Waals surface area contributed by atoms with E-state index in [1.54, 1.807) is 7.11 Å². The van der Waals surface area contributed by atoms with Crippen molar-refractivity contribution in [2.45, 2.75) is 26.7 Å². The molecule has 0 aliphatic carbocycles. The molecule has 0 saturated carbocycles. The summed E-state index contributed by atoms with van der Waals surface area (Å²) < 4.78 is 5.30. The maximum Gasteiger partial charge on any atom is 0.219 e. The minimum atomic E-state index is 0.237. The monoisotopic (exact) mass is 301 g/mol. The Kier molecular flexibility index (Phi) is 4.21. The fraction of sp³-hybridized carbons (Fsp3) is 0.500. The highest BCUT2D eigenvalue weighted by atomic mass is 16.5. The van der Waals surface area contributed by atoms with Gasteiger partial charge in [0.05, 0.1) is 25.8 Å². The van der Waals surface area contributed by atoms with Crippen LogP contribution in [0, 0.1) is 12.8 Å². The number of aromatic nitrogens is 1. The average molecular weight is 301 g/mol. The fourth-order valence-electron chi connectivity index (χ4n) is 3.67. The average Bonchev–Trinajstić information content (AvgIpc) is 2.82. The highest BCUT2D eigenvalue weighted by Crippen LogP contribution is 2.26. The van der Waals surface area contributed by atoms with Crippen LogP contribution >= 0.6 is 0 Å². The van der Waals surface area contributed by atoms with Crippen molar-refractivity contribution in [1.29, 1.82) is 0 Å². The lowest BCUT2D eigenvalue weighted by Gasteiger charge is -2.27. The van der Waals surface area contributed by atoms with E-state index in [2.05, 4.69) is 11.9 Å². The van der Waals surface area contributed by atoms with Gasteiger partial charge in [0, 0.05) is 22.5 Å². The van der Waals surface area contributed by atoms with Crippen molar-refractivity contribution in [3.8, 4) is 5.75 Å². The second-order valence-corrected chi connectivity index (χ2v) is 6.59. The summed E-state index contributed by atoms with van der Waals surface area (Å²) in [5.74, 6) is 1.75. The molecule has 1 aromatic carbocycles. The van der Waals surface area contributed by atoms with E-state index in [1.165, 1.54) is 17.7 Å². The number of rotatable bonds is 4. The minimum absolute atomic E-state index is 0.237. The molecular weight excluding hydrogens is 276 g/mol. The van der Waals surface area contributed by atoms with Crippen molar-refractivity contribution >= 4 is 16.7 Å². The zero-order chi connectivity index (χ0) is 15.7. The molecule has 1 aliphatic heterocycles. The lowest BCUT2D eigenvalue weighted by atomic mass is 9.99. The Hall–Kier alpha value is -1.81. The van der Waals surface area contributed by atoms with Gasteiger partial charge >= 0.3 is 0 Å². The molecule has 3 rings (SSSR count). The number of nitrogens with one attached hydrogen (secondary N) is 2. The van der Waals surface area contributed by atoms with Crippen LogP contribution in [0.4, 0.5) is 0 Å². The Morgan fingerprint density at radius 3 is 3.00 bits per heavy atom. The first-order chi connectivity index (χ1) is 10.6. The maximum absolute atomic E-state index is 12.8. The summed E-state index contributed by atoms with van der Waals surface area (Å²) in [5, 5.41) is 0.978. The predicted molar refractivity (Wildman–Crippen MR) is 87.9 cm³/mol. The Bertz CT molecular complexity index is 690. The minimum Gasteiger partial charge on any atom is -0.497 e. The second kappa shape index (κ2) is 6.13. The number of ether oxygens (including phenoxy) is 1. The van der Waals surface area contributed by atoms with Crippen LogP contribution in [0.5, 0.6) is 5.75 Å². The zero-order valence-electron chi connectivity index (χ0n) is 13.7. The van der Waals surface area contributed by atoms with Crippen LogP contribution in [0.3, 0.4) is 0 Å². The Morgan fingerprint density at radius 2 is 2.27 bits per heavy atom. The third kappa shape index (κ3) is 2.88. The molecule has 2 N–H and O–H groups in total. The molecule has 1 fully saturated rings. The van der Waals surface area contributed by atoms with E-state index in [-0.39, 0.29) is 5.78 Å². The van der Waals surface area contributed by atoms with Gasteiger partial charge in [-0.2, -0.15) is 0 Å². The van der Waals surface area contributed by atoms with E-state index in [0.717, 1.165) is 46.9 Å². The summed E-state index contributed by atoms with van der Waals surface area (Å²) in [5.41, 5.74) is 2.79. The molecule has 1 aromatic heterocycles. The van der Waals surface area contributed by atoms with Crippen molar-refractivity contribution in [3.63, 3.8) is 0 Å². The molecule has 0 spiro atoms. The highest BCUT2D eigenvalue weighted by molar-refractivity contribution is 6.10. The number of benzene rings is 1. The van der Waals surface area contributed by atoms with Crippen LogP contribution in [0.2, 0.25) is 0 Å². The number of H-pyrrole nitrogens is 1. The number of likely N-dealkylation sites (tertiary alicyclic amines) is 1. The topological polar surface area (TPSA) is 46.5 Å². The van der Waals surface area contributed by atoms with Crippen LogP contribution in [-0.4, -0.2) is 37.5 Å². The molecule has 0 bridgehead atoms. The van der Waals surface area contributed by atoms with Crippen LogP contribution in [-0.2, 0) is 0 Å². The number of Topliss-reactive ketones (excluding diaryl/α,β-unsaturated/α-hetero) is 1. The summed E-state index contributed by atoms with van der Waals surface area (Å²) in [6.07, 6.45) is 2.52. The quantitative estimate of drug-likeness (QED) is 0.848. The first kappa shape index (κ1) is 15.1. The number of ketones is 1. The van der Waals surface area contributed by atoms with Gasteiger partial charge in [-0.3, -0.25) is 4.79 Å². The molecule has 4 heteroatoms. The van der Waals surface area contributed by atoms with E-state index >= 15 is 0 Å². The van der Waals surface area contributed by atoms with Crippen molar-refractivity contribution in [1.82, 2.24) is 4.98 Å². The third-order valence-corrected chi connectivity index (χ3v) is 4.75. The Balaban J connectivity index is 1.88. The van der Waals surface area contributed by atoms with Gasteiger partial charge in [-0.1, -0.05) is 6.92 Å². The third-order valence-electron chi connectivity index (χ3n) is 4.75. The molecule has 1 saturated heterocycles. The van der Waals surface area contributed by atoms with Gasteiger partial charge in [-0.05, 0) is 38.0 Å². The van der Waals surface area contributed by atoms with E-state index in [1.807, 2.05) is 25.1 Å². The van der Waals surface area contributed by atoms with Gasteiger partial charge in [-0.25, -0.2) is 0 Å². The molecule has 4 nitrogen and oxygen atoms in total. The molecule has 2 atom stereocenters. The molecule has 1 unspecified atom stereocenters. The SMILES string of the molecule is COc1ccc2[nH]c(C)c(C(=O)C[NH+]3CCC[C@H](C)C3)c2c1. The Labute approximate surface area is 131 Å². The number of hydrogen-bond donors (Lipinski definition) is 2. The number of carbonyl (C=O) groups is 1. The molecule has 0 radical (unpaired) electrons. The number of fused-ring (bicyclic) bond motifs is 1. The van der Waals surface area contributed by atoms with Gasteiger partial charge in [0.1, 0.15) is 12.3 Å². The number of methoxy groups -OCH3 is 1. The number of carbonyl (C=O) groups excluding carboxylic acids is 1. The predicted octanol–water partition coefficient (Wildman–Crippen LogP) is 1.98. The summed E-state index contributed by atoms with van der Waals surface area (Å²) in [7, 11) is 1.65. The molecule has 0 amide bonds. The normalized spacial score (nSPS) is 22.0. The van der Waals surface area contributed by atoms with Gasteiger partial charge in [-0.15, -0.1) is 0 Å². The van der Waals surface area contributed by atoms with Crippen LogP contribution in [0.1, 0.15) is 35.8 Å². The molecule has 1 aliphatic rings. The largest absolute Gasteiger partial charge is 0.497 e. The molecule has 2 aromatic rings. The van der Waals surface area contributed by atoms with Gasteiger partial charge in [0.2, 0.25) is 5.78 Å². The number of piperidine rings is 1. The number of aryl methyl sites for hydroxylation is 1.